The van der Waals surface area contributed by atoms with Gasteiger partial charge in [-0.15, -0.1) is 0 Å². The molecule has 0 bridgehead atoms. The highest BCUT2D eigenvalue weighted by molar-refractivity contribution is 5.68. The maximum atomic E-state index is 11.7. The van der Waals surface area contributed by atoms with Crippen LogP contribution in [0.1, 0.15) is 59.8 Å². The first-order valence-electron chi connectivity index (χ1n) is 6.81. The molecular weight excluding hydrogens is 246 g/mol. The maximum Gasteiger partial charge on any atom is 0.407 e. The Bertz CT molecular complexity index is 348. The number of nitrogens with one attached hydrogen (secondary N) is 1. The number of carbonyl (C=O) groups excluding carboxylic acids is 1. The summed E-state index contributed by atoms with van der Waals surface area (Å²) in [5.41, 5.74) is -0.743. The van der Waals surface area contributed by atoms with Crippen LogP contribution >= 0.6 is 0 Å². The van der Waals surface area contributed by atoms with Crippen molar-refractivity contribution in [2.24, 2.45) is 5.41 Å². The van der Waals surface area contributed by atoms with E-state index in [0.29, 0.717) is 6.42 Å². The van der Waals surface area contributed by atoms with Gasteiger partial charge in [0.25, 0.3) is 0 Å². The first-order chi connectivity index (χ1) is 8.60. The van der Waals surface area contributed by atoms with Crippen LogP contribution in [0.2, 0.25) is 0 Å². The second-order valence-electron chi connectivity index (χ2n) is 6.82. The molecule has 1 amide bonds. The quantitative estimate of drug-likeness (QED) is 0.827. The second-order valence-corrected chi connectivity index (χ2v) is 6.82. The number of alkyl carbamates (subject to hydrolysis) is 1. The van der Waals surface area contributed by atoms with Crippen molar-refractivity contribution in [1.29, 1.82) is 0 Å². The van der Waals surface area contributed by atoms with Crippen LogP contribution in [0.25, 0.3) is 0 Å². The molecule has 0 radical (unpaired) electrons. The van der Waals surface area contributed by atoms with Crippen molar-refractivity contribution >= 4 is 12.1 Å². The van der Waals surface area contributed by atoms with E-state index in [1.54, 1.807) is 0 Å². The molecule has 2 unspecified atom stereocenters. The van der Waals surface area contributed by atoms with Gasteiger partial charge in [-0.1, -0.05) is 13.3 Å². The third-order valence-corrected chi connectivity index (χ3v) is 3.37. The summed E-state index contributed by atoms with van der Waals surface area (Å²) in [6.45, 7) is 7.44. The number of rotatable bonds is 3. The number of carboxylic acid groups (broad SMARTS) is 1. The molecule has 2 N–H and O–H groups in total. The first-order valence-corrected chi connectivity index (χ1v) is 6.81. The number of ether oxygens (including phenoxy) is 1. The SMILES string of the molecule is CC1(CC(=O)O)CCCC(NC(=O)OC(C)(C)C)C1. The largest absolute Gasteiger partial charge is 0.481 e. The zero-order chi connectivity index (χ0) is 14.7. The zero-order valence-electron chi connectivity index (χ0n) is 12.3. The fourth-order valence-electron chi connectivity index (χ4n) is 2.70. The summed E-state index contributed by atoms with van der Waals surface area (Å²) < 4.78 is 5.22. The highest BCUT2D eigenvalue weighted by atomic mass is 16.6. The lowest BCUT2D eigenvalue weighted by molar-refractivity contribution is -0.140. The van der Waals surface area contributed by atoms with E-state index in [1.165, 1.54) is 0 Å². The summed E-state index contributed by atoms with van der Waals surface area (Å²) in [6, 6.07) is 0.00736. The highest BCUT2D eigenvalue weighted by Gasteiger charge is 2.35. The van der Waals surface area contributed by atoms with Crippen molar-refractivity contribution in [2.45, 2.75) is 71.4 Å². The Hall–Kier alpha value is -1.26. The van der Waals surface area contributed by atoms with Crippen LogP contribution in [0.15, 0.2) is 0 Å². The van der Waals surface area contributed by atoms with Crippen LogP contribution < -0.4 is 5.32 Å². The molecule has 5 heteroatoms. The Kier molecular flexibility index (Phi) is 4.82. The van der Waals surface area contributed by atoms with Gasteiger partial charge < -0.3 is 15.2 Å². The van der Waals surface area contributed by atoms with Gasteiger partial charge in [0.1, 0.15) is 5.60 Å². The smallest absolute Gasteiger partial charge is 0.407 e. The lowest BCUT2D eigenvalue weighted by Crippen LogP contribution is -2.44. The van der Waals surface area contributed by atoms with E-state index in [9.17, 15) is 9.59 Å². The minimum Gasteiger partial charge on any atom is -0.481 e. The summed E-state index contributed by atoms with van der Waals surface area (Å²) >= 11 is 0. The molecule has 110 valence electrons. The Morgan fingerprint density at radius 3 is 2.58 bits per heavy atom. The van der Waals surface area contributed by atoms with Crippen LogP contribution in [0.4, 0.5) is 4.79 Å². The molecule has 0 aromatic carbocycles. The molecule has 5 nitrogen and oxygen atoms in total. The van der Waals surface area contributed by atoms with Gasteiger partial charge in [-0.3, -0.25) is 4.79 Å². The monoisotopic (exact) mass is 271 g/mol. The van der Waals surface area contributed by atoms with E-state index in [2.05, 4.69) is 5.32 Å². The predicted molar refractivity (Wildman–Crippen MR) is 72.0 cm³/mol. The predicted octanol–water partition coefficient (Wildman–Crippen LogP) is 2.93. The molecule has 0 aromatic heterocycles. The summed E-state index contributed by atoms with van der Waals surface area (Å²) in [4.78, 5) is 22.6. The van der Waals surface area contributed by atoms with E-state index in [0.717, 1.165) is 19.3 Å². The Morgan fingerprint density at radius 2 is 2.05 bits per heavy atom. The van der Waals surface area contributed by atoms with Crippen LogP contribution in [0.5, 0.6) is 0 Å². The van der Waals surface area contributed by atoms with Gasteiger partial charge in [-0.2, -0.15) is 0 Å². The number of amides is 1. The van der Waals surface area contributed by atoms with Crippen molar-refractivity contribution < 1.29 is 19.4 Å². The summed E-state index contributed by atoms with van der Waals surface area (Å²) in [7, 11) is 0. The summed E-state index contributed by atoms with van der Waals surface area (Å²) in [5, 5.41) is 11.8. The minimum absolute atomic E-state index is 0.00736. The first kappa shape index (κ1) is 15.8. The normalized spacial score (nSPS) is 27.7. The molecular formula is C14H25NO4. The molecule has 1 aliphatic rings. The van der Waals surface area contributed by atoms with Crippen LogP contribution in [0.3, 0.4) is 0 Å². The maximum absolute atomic E-state index is 11.7. The number of carboxylic acids is 1. The Balaban J connectivity index is 2.51. The van der Waals surface area contributed by atoms with Gasteiger partial charge in [0.05, 0.1) is 6.42 Å². The molecule has 0 spiro atoms. The highest BCUT2D eigenvalue weighted by Crippen LogP contribution is 2.38. The van der Waals surface area contributed by atoms with Crippen LogP contribution in [0, 0.1) is 5.41 Å². The van der Waals surface area contributed by atoms with Crippen LogP contribution in [-0.2, 0) is 9.53 Å². The van der Waals surface area contributed by atoms with Gasteiger partial charge in [0.15, 0.2) is 0 Å². The van der Waals surface area contributed by atoms with E-state index in [4.69, 9.17) is 9.84 Å². The van der Waals surface area contributed by atoms with E-state index < -0.39 is 17.7 Å². The fourth-order valence-corrected chi connectivity index (χ4v) is 2.70. The van der Waals surface area contributed by atoms with E-state index in [-0.39, 0.29) is 17.9 Å². The standard InChI is InChI=1S/C14H25NO4/c1-13(2,3)19-12(18)15-10-6-5-7-14(4,8-10)9-11(16)17/h10H,5-9H2,1-4H3,(H,15,18)(H,16,17). The summed E-state index contributed by atoms with van der Waals surface area (Å²) in [5.74, 6) is -0.777. The molecule has 0 aliphatic heterocycles. The molecule has 0 saturated heterocycles. The molecule has 1 saturated carbocycles. The fraction of sp³-hybridized carbons (Fsp3) is 0.857. The Morgan fingerprint density at radius 1 is 1.42 bits per heavy atom. The van der Waals surface area contributed by atoms with Gasteiger partial charge in [0, 0.05) is 6.04 Å². The summed E-state index contributed by atoms with van der Waals surface area (Å²) in [6.07, 6.45) is 3.14. The van der Waals surface area contributed by atoms with Crippen molar-refractivity contribution in [3.63, 3.8) is 0 Å². The molecule has 1 fully saturated rings. The topological polar surface area (TPSA) is 75.6 Å². The van der Waals surface area contributed by atoms with Gasteiger partial charge in [-0.05, 0) is 45.4 Å². The molecule has 19 heavy (non-hydrogen) atoms. The average Bonchev–Trinajstić information content (AvgIpc) is 2.11. The third-order valence-electron chi connectivity index (χ3n) is 3.37. The molecule has 1 rings (SSSR count). The van der Waals surface area contributed by atoms with Gasteiger partial charge in [-0.25, -0.2) is 4.79 Å². The minimum atomic E-state index is -0.777. The zero-order valence-corrected chi connectivity index (χ0v) is 12.3. The van der Waals surface area contributed by atoms with E-state index in [1.807, 2.05) is 27.7 Å². The molecule has 0 heterocycles. The Labute approximate surface area is 114 Å². The average molecular weight is 271 g/mol. The number of hydrogen-bond acceptors (Lipinski definition) is 3. The molecule has 0 aromatic rings. The van der Waals surface area contributed by atoms with Crippen molar-refractivity contribution in [2.75, 3.05) is 0 Å². The van der Waals surface area contributed by atoms with Gasteiger partial charge in [0.2, 0.25) is 0 Å². The number of carbonyl (C=O) groups is 2. The lowest BCUT2D eigenvalue weighted by Gasteiger charge is -2.37. The molecule has 2 atom stereocenters. The van der Waals surface area contributed by atoms with Gasteiger partial charge >= 0.3 is 12.1 Å². The number of aliphatic carboxylic acids is 1. The van der Waals surface area contributed by atoms with Crippen molar-refractivity contribution in [1.82, 2.24) is 5.32 Å². The van der Waals surface area contributed by atoms with Crippen LogP contribution in [-0.4, -0.2) is 28.8 Å². The number of hydrogen-bond donors (Lipinski definition) is 2. The van der Waals surface area contributed by atoms with E-state index >= 15 is 0 Å². The second kappa shape index (κ2) is 5.80. The molecule has 1 aliphatic carbocycles. The van der Waals surface area contributed by atoms with Crippen molar-refractivity contribution in [3.8, 4) is 0 Å². The lowest BCUT2D eigenvalue weighted by atomic mass is 9.71. The van der Waals surface area contributed by atoms with Crippen molar-refractivity contribution in [3.05, 3.63) is 0 Å². The third kappa shape index (κ3) is 5.94.